The summed E-state index contributed by atoms with van der Waals surface area (Å²) in [5, 5.41) is 8.88. The molecule has 0 radical (unpaired) electrons. The first-order valence-electron chi connectivity index (χ1n) is 7.45. The number of benzene rings is 1. The topological polar surface area (TPSA) is 60.9 Å². The van der Waals surface area contributed by atoms with Crippen LogP contribution in [0.5, 0.6) is 0 Å². The van der Waals surface area contributed by atoms with Crippen molar-refractivity contribution in [3.63, 3.8) is 0 Å². The van der Waals surface area contributed by atoms with Crippen LogP contribution in [0.2, 0.25) is 0 Å². The number of rotatable bonds is 5. The highest BCUT2D eigenvalue weighted by Gasteiger charge is 2.29. The van der Waals surface area contributed by atoms with Gasteiger partial charge in [0.15, 0.2) is 0 Å². The van der Waals surface area contributed by atoms with Gasteiger partial charge < -0.3 is 10.0 Å². The maximum Gasteiger partial charge on any atom is 0.324 e. The Labute approximate surface area is 125 Å². The van der Waals surface area contributed by atoms with Crippen molar-refractivity contribution in [3.8, 4) is 0 Å². The Morgan fingerprint density at radius 2 is 2.05 bits per heavy atom. The van der Waals surface area contributed by atoms with E-state index in [1.807, 2.05) is 35.2 Å². The normalized spacial score (nSPS) is 17.8. The number of carboxylic acids is 1. The largest absolute Gasteiger partial charge is 0.481 e. The molecule has 1 fully saturated rings. The number of hydrogen-bond donors (Lipinski definition) is 1. The van der Waals surface area contributed by atoms with Gasteiger partial charge in [0, 0.05) is 25.3 Å². The number of urea groups is 1. The van der Waals surface area contributed by atoms with Crippen LogP contribution >= 0.6 is 0 Å². The summed E-state index contributed by atoms with van der Waals surface area (Å²) in [7, 11) is 0. The number of hydrogen-bond acceptors (Lipinski definition) is 2. The Morgan fingerprint density at radius 3 is 2.62 bits per heavy atom. The van der Waals surface area contributed by atoms with Crippen molar-refractivity contribution in [3.05, 3.63) is 30.3 Å². The molecule has 1 aliphatic rings. The Morgan fingerprint density at radius 1 is 1.33 bits per heavy atom. The minimum absolute atomic E-state index is 0.0499. The molecule has 114 valence electrons. The molecule has 1 heterocycles. The van der Waals surface area contributed by atoms with E-state index in [4.69, 9.17) is 5.11 Å². The zero-order valence-electron chi connectivity index (χ0n) is 12.4. The minimum Gasteiger partial charge on any atom is -0.481 e. The van der Waals surface area contributed by atoms with E-state index in [1.54, 1.807) is 4.90 Å². The highest BCUT2D eigenvalue weighted by Crippen LogP contribution is 2.23. The summed E-state index contributed by atoms with van der Waals surface area (Å²) in [6, 6.07) is 9.19. The molecule has 1 N–H and O–H groups in total. The van der Waals surface area contributed by atoms with E-state index >= 15 is 0 Å². The Bertz CT molecular complexity index is 490. The first-order valence-corrected chi connectivity index (χ1v) is 7.45. The van der Waals surface area contributed by atoms with E-state index in [2.05, 4.69) is 6.92 Å². The quantitative estimate of drug-likeness (QED) is 0.907. The molecule has 2 amide bonds. The predicted octanol–water partition coefficient (Wildman–Crippen LogP) is 2.82. The van der Waals surface area contributed by atoms with Crippen molar-refractivity contribution in [1.82, 2.24) is 4.90 Å². The summed E-state index contributed by atoms with van der Waals surface area (Å²) < 4.78 is 0. The monoisotopic (exact) mass is 290 g/mol. The zero-order chi connectivity index (χ0) is 15.2. The number of nitrogens with zero attached hydrogens (tertiary/aromatic N) is 2. The molecule has 1 unspecified atom stereocenters. The molecular weight excluding hydrogens is 268 g/mol. The van der Waals surface area contributed by atoms with E-state index < -0.39 is 5.97 Å². The molecular formula is C16H22N2O3. The van der Waals surface area contributed by atoms with E-state index in [1.165, 1.54) is 0 Å². The molecule has 1 aliphatic heterocycles. The molecule has 0 aromatic heterocycles. The van der Waals surface area contributed by atoms with E-state index in [-0.39, 0.29) is 19.0 Å². The number of carboxylic acid groups (broad SMARTS) is 1. The summed E-state index contributed by atoms with van der Waals surface area (Å²) >= 11 is 0. The molecule has 1 saturated heterocycles. The average molecular weight is 290 g/mol. The van der Waals surface area contributed by atoms with Crippen molar-refractivity contribution >= 4 is 17.7 Å². The van der Waals surface area contributed by atoms with Gasteiger partial charge in [0.05, 0.1) is 6.42 Å². The van der Waals surface area contributed by atoms with Crippen LogP contribution < -0.4 is 4.90 Å². The SMILES string of the molecule is CCC1CCN(C(=O)N(CCC(=O)O)c2ccccc2)C1. The molecule has 5 nitrogen and oxygen atoms in total. The van der Waals surface area contributed by atoms with Gasteiger partial charge in [0.1, 0.15) is 0 Å². The third-order valence-electron chi connectivity index (χ3n) is 3.98. The highest BCUT2D eigenvalue weighted by molar-refractivity contribution is 5.92. The van der Waals surface area contributed by atoms with Gasteiger partial charge >= 0.3 is 12.0 Å². The second kappa shape index (κ2) is 7.11. The van der Waals surface area contributed by atoms with Gasteiger partial charge in [0.25, 0.3) is 0 Å². The lowest BCUT2D eigenvalue weighted by Crippen LogP contribution is -2.43. The van der Waals surface area contributed by atoms with E-state index in [0.29, 0.717) is 5.92 Å². The first kappa shape index (κ1) is 15.4. The third kappa shape index (κ3) is 3.97. The number of aliphatic carboxylic acids is 1. The number of para-hydroxylation sites is 1. The minimum atomic E-state index is -0.892. The number of likely N-dealkylation sites (tertiary alicyclic amines) is 1. The molecule has 0 saturated carbocycles. The highest BCUT2D eigenvalue weighted by atomic mass is 16.4. The zero-order valence-corrected chi connectivity index (χ0v) is 12.4. The van der Waals surface area contributed by atoms with Gasteiger partial charge in [0.2, 0.25) is 0 Å². The first-order chi connectivity index (χ1) is 10.1. The van der Waals surface area contributed by atoms with Crippen molar-refractivity contribution in [1.29, 1.82) is 0 Å². The van der Waals surface area contributed by atoms with Gasteiger partial charge in [-0.2, -0.15) is 0 Å². The Hall–Kier alpha value is -2.04. The molecule has 0 bridgehead atoms. The number of carbonyl (C=O) groups excluding carboxylic acids is 1. The van der Waals surface area contributed by atoms with Gasteiger partial charge in [-0.05, 0) is 24.5 Å². The van der Waals surface area contributed by atoms with E-state index in [9.17, 15) is 9.59 Å². The molecule has 1 atom stereocenters. The van der Waals surface area contributed by atoms with Crippen LogP contribution in [0.3, 0.4) is 0 Å². The van der Waals surface area contributed by atoms with Crippen molar-refractivity contribution in [2.75, 3.05) is 24.5 Å². The Balaban J connectivity index is 2.11. The van der Waals surface area contributed by atoms with Crippen molar-refractivity contribution in [2.24, 2.45) is 5.92 Å². The molecule has 21 heavy (non-hydrogen) atoms. The lowest BCUT2D eigenvalue weighted by Gasteiger charge is -2.28. The predicted molar refractivity (Wildman–Crippen MR) is 81.4 cm³/mol. The molecule has 5 heteroatoms. The summed E-state index contributed by atoms with van der Waals surface area (Å²) in [5.41, 5.74) is 0.753. The van der Waals surface area contributed by atoms with Crippen LogP contribution in [0.1, 0.15) is 26.2 Å². The summed E-state index contributed by atoms with van der Waals surface area (Å²) in [6.07, 6.45) is 2.06. The van der Waals surface area contributed by atoms with Crippen LogP contribution in [0, 0.1) is 5.92 Å². The van der Waals surface area contributed by atoms with Crippen LogP contribution in [0.15, 0.2) is 30.3 Å². The number of amides is 2. The average Bonchev–Trinajstić information content (AvgIpc) is 2.97. The van der Waals surface area contributed by atoms with Crippen LogP contribution in [-0.2, 0) is 4.79 Å². The fourth-order valence-corrected chi connectivity index (χ4v) is 2.66. The number of anilines is 1. The van der Waals surface area contributed by atoms with Crippen molar-refractivity contribution in [2.45, 2.75) is 26.2 Å². The summed E-state index contributed by atoms with van der Waals surface area (Å²) in [5.74, 6) is -0.331. The molecule has 0 spiro atoms. The van der Waals surface area contributed by atoms with Gasteiger partial charge in [-0.1, -0.05) is 31.5 Å². The van der Waals surface area contributed by atoms with Gasteiger partial charge in [-0.25, -0.2) is 4.79 Å². The molecule has 2 rings (SSSR count). The van der Waals surface area contributed by atoms with E-state index in [0.717, 1.165) is 31.6 Å². The maximum absolute atomic E-state index is 12.7. The molecule has 1 aromatic carbocycles. The lowest BCUT2D eigenvalue weighted by atomic mass is 10.1. The van der Waals surface area contributed by atoms with Gasteiger partial charge in [-0.3, -0.25) is 9.69 Å². The fourth-order valence-electron chi connectivity index (χ4n) is 2.66. The molecule has 1 aromatic rings. The maximum atomic E-state index is 12.7. The van der Waals surface area contributed by atoms with Crippen LogP contribution in [0.4, 0.5) is 10.5 Å². The van der Waals surface area contributed by atoms with Gasteiger partial charge in [-0.15, -0.1) is 0 Å². The third-order valence-corrected chi connectivity index (χ3v) is 3.98. The number of carbonyl (C=O) groups is 2. The van der Waals surface area contributed by atoms with Crippen LogP contribution in [-0.4, -0.2) is 41.6 Å². The second-order valence-corrected chi connectivity index (χ2v) is 5.42. The van der Waals surface area contributed by atoms with Crippen LogP contribution in [0.25, 0.3) is 0 Å². The van der Waals surface area contributed by atoms with Crippen molar-refractivity contribution < 1.29 is 14.7 Å². The fraction of sp³-hybridized carbons (Fsp3) is 0.500. The second-order valence-electron chi connectivity index (χ2n) is 5.42. The smallest absolute Gasteiger partial charge is 0.324 e. The standard InChI is InChI=1S/C16H22N2O3/c1-2-13-8-10-17(12-13)16(21)18(11-9-15(19)20)14-6-4-3-5-7-14/h3-7,13H,2,8-12H2,1H3,(H,19,20). The lowest BCUT2D eigenvalue weighted by molar-refractivity contribution is -0.136. The molecule has 0 aliphatic carbocycles. The summed E-state index contributed by atoms with van der Waals surface area (Å²) in [6.45, 7) is 3.86. The summed E-state index contributed by atoms with van der Waals surface area (Å²) in [4.78, 5) is 26.9. The Kier molecular flexibility index (Phi) is 5.20.